The number of nitrogens with zero attached hydrogens (tertiary/aromatic N) is 4. The van der Waals surface area contributed by atoms with Gasteiger partial charge in [0.2, 0.25) is 0 Å². The Hall–Kier alpha value is -3.55. The molecule has 2 amide bonds. The third-order valence-corrected chi connectivity index (χ3v) is 6.79. The van der Waals surface area contributed by atoms with Crippen molar-refractivity contribution in [3.05, 3.63) is 100 Å². The van der Waals surface area contributed by atoms with Gasteiger partial charge in [-0.2, -0.15) is 0 Å². The number of hydrogen-bond donors (Lipinski definition) is 1. The van der Waals surface area contributed by atoms with Crippen molar-refractivity contribution in [2.75, 3.05) is 13.1 Å². The Kier molecular flexibility index (Phi) is 6.61. The van der Waals surface area contributed by atoms with Gasteiger partial charge in [0, 0.05) is 49.2 Å². The van der Waals surface area contributed by atoms with Crippen LogP contribution in [0.2, 0.25) is 10.0 Å². The molecule has 1 aliphatic rings. The highest BCUT2D eigenvalue weighted by atomic mass is 35.5. The summed E-state index contributed by atoms with van der Waals surface area (Å²) in [7, 11) is 0. The molecular weight excluding hydrogens is 485 g/mol. The fraction of sp³-hybridized carbons (Fsp3) is 0.192. The predicted octanol–water partition coefficient (Wildman–Crippen LogP) is 4.76. The molecule has 176 valence electrons. The summed E-state index contributed by atoms with van der Waals surface area (Å²) in [5.41, 5.74) is 2.80. The standard InChI is InChI=1S/C26H21Cl2N5O2/c27-19-7-4-9-30-24(19)25(34)32-21-8-12-33(15-18(21)16-5-2-1-3-6-16)26(35)17-13-20(28)23-22(14-17)29-10-11-31-23/h1-7,9-11,13-14,18,21H,8,12,15H2,(H,32,34)/t18-,21-/m1/s1. The number of aromatic nitrogens is 3. The molecule has 7 nitrogen and oxygen atoms in total. The van der Waals surface area contributed by atoms with Crippen LogP contribution in [-0.2, 0) is 0 Å². The van der Waals surface area contributed by atoms with Crippen LogP contribution in [0.4, 0.5) is 0 Å². The smallest absolute Gasteiger partial charge is 0.271 e. The summed E-state index contributed by atoms with van der Waals surface area (Å²) in [6.07, 6.45) is 5.25. The summed E-state index contributed by atoms with van der Waals surface area (Å²) >= 11 is 12.6. The Bertz CT molecular complexity index is 1400. The monoisotopic (exact) mass is 505 g/mol. The molecule has 5 rings (SSSR count). The van der Waals surface area contributed by atoms with E-state index in [1.54, 1.807) is 41.6 Å². The van der Waals surface area contributed by atoms with Crippen LogP contribution >= 0.6 is 23.2 Å². The Labute approximate surface area is 212 Å². The largest absolute Gasteiger partial charge is 0.347 e. The molecule has 35 heavy (non-hydrogen) atoms. The summed E-state index contributed by atoms with van der Waals surface area (Å²) in [4.78, 5) is 40.9. The van der Waals surface area contributed by atoms with Gasteiger partial charge in [0.1, 0.15) is 11.2 Å². The van der Waals surface area contributed by atoms with Crippen molar-refractivity contribution in [2.24, 2.45) is 0 Å². The van der Waals surface area contributed by atoms with E-state index in [4.69, 9.17) is 23.2 Å². The summed E-state index contributed by atoms with van der Waals surface area (Å²) in [6, 6.07) is 16.3. The summed E-state index contributed by atoms with van der Waals surface area (Å²) in [6.45, 7) is 0.902. The number of pyridine rings is 1. The summed E-state index contributed by atoms with van der Waals surface area (Å²) in [5, 5.41) is 3.77. The molecule has 1 fully saturated rings. The molecule has 2 aromatic carbocycles. The molecule has 2 aromatic heterocycles. The third kappa shape index (κ3) is 4.83. The highest BCUT2D eigenvalue weighted by Crippen LogP contribution is 2.30. The van der Waals surface area contributed by atoms with E-state index < -0.39 is 0 Å². The second-order valence-electron chi connectivity index (χ2n) is 8.35. The van der Waals surface area contributed by atoms with Gasteiger partial charge in [-0.1, -0.05) is 53.5 Å². The number of likely N-dealkylation sites (tertiary alicyclic amines) is 1. The average molecular weight is 506 g/mol. The van der Waals surface area contributed by atoms with Crippen LogP contribution < -0.4 is 5.32 Å². The lowest BCUT2D eigenvalue weighted by atomic mass is 9.85. The van der Waals surface area contributed by atoms with Crippen molar-refractivity contribution in [1.29, 1.82) is 0 Å². The van der Waals surface area contributed by atoms with Crippen molar-refractivity contribution in [3.8, 4) is 0 Å². The van der Waals surface area contributed by atoms with E-state index in [1.807, 2.05) is 30.3 Å². The second kappa shape index (κ2) is 9.98. The average Bonchev–Trinajstić information content (AvgIpc) is 2.89. The molecule has 1 saturated heterocycles. The highest BCUT2D eigenvalue weighted by Gasteiger charge is 2.34. The van der Waals surface area contributed by atoms with Crippen molar-refractivity contribution < 1.29 is 9.59 Å². The number of piperidine rings is 1. The summed E-state index contributed by atoms with van der Waals surface area (Å²) in [5.74, 6) is -0.588. The number of halogens is 2. The quantitative estimate of drug-likeness (QED) is 0.431. The van der Waals surface area contributed by atoms with Crippen LogP contribution in [0.3, 0.4) is 0 Å². The van der Waals surface area contributed by atoms with Crippen molar-refractivity contribution in [1.82, 2.24) is 25.2 Å². The zero-order valence-corrected chi connectivity index (χ0v) is 20.1. The maximum absolute atomic E-state index is 13.5. The third-order valence-electron chi connectivity index (χ3n) is 6.19. The van der Waals surface area contributed by atoms with Gasteiger partial charge in [-0.25, -0.2) is 4.98 Å². The molecule has 0 saturated carbocycles. The van der Waals surface area contributed by atoms with E-state index in [1.165, 1.54) is 6.20 Å². The molecule has 4 aromatic rings. The van der Waals surface area contributed by atoms with Gasteiger partial charge in [0.15, 0.2) is 0 Å². The number of amides is 2. The van der Waals surface area contributed by atoms with Crippen LogP contribution in [0.5, 0.6) is 0 Å². The number of nitrogens with one attached hydrogen (secondary N) is 1. The maximum atomic E-state index is 13.5. The molecule has 1 aliphatic heterocycles. The van der Waals surface area contributed by atoms with Gasteiger partial charge < -0.3 is 10.2 Å². The molecule has 3 heterocycles. The molecule has 2 atom stereocenters. The van der Waals surface area contributed by atoms with Gasteiger partial charge in [0.25, 0.3) is 11.8 Å². The minimum Gasteiger partial charge on any atom is -0.347 e. The number of rotatable bonds is 4. The molecule has 0 spiro atoms. The Morgan fingerprint density at radius 3 is 2.51 bits per heavy atom. The number of carbonyl (C=O) groups is 2. The van der Waals surface area contributed by atoms with E-state index in [0.717, 1.165) is 5.56 Å². The first kappa shape index (κ1) is 23.2. The lowest BCUT2D eigenvalue weighted by molar-refractivity contribution is 0.0671. The lowest BCUT2D eigenvalue weighted by Crippen LogP contribution is -2.51. The first-order valence-corrected chi connectivity index (χ1v) is 11.9. The lowest BCUT2D eigenvalue weighted by Gasteiger charge is -2.39. The predicted molar refractivity (Wildman–Crippen MR) is 135 cm³/mol. The zero-order chi connectivity index (χ0) is 24.4. The number of carbonyl (C=O) groups excluding carboxylic acids is 2. The molecule has 0 radical (unpaired) electrons. The minimum absolute atomic E-state index is 0.115. The summed E-state index contributed by atoms with van der Waals surface area (Å²) < 4.78 is 0. The van der Waals surface area contributed by atoms with Crippen LogP contribution in [0, 0.1) is 0 Å². The molecule has 0 aliphatic carbocycles. The Morgan fingerprint density at radius 2 is 1.71 bits per heavy atom. The maximum Gasteiger partial charge on any atom is 0.271 e. The van der Waals surface area contributed by atoms with Gasteiger partial charge in [-0.3, -0.25) is 19.6 Å². The fourth-order valence-electron chi connectivity index (χ4n) is 4.48. The van der Waals surface area contributed by atoms with Crippen LogP contribution in [0.15, 0.2) is 73.2 Å². The number of fused-ring (bicyclic) bond motifs is 1. The van der Waals surface area contributed by atoms with E-state index in [-0.39, 0.29) is 29.5 Å². The van der Waals surface area contributed by atoms with Crippen molar-refractivity contribution in [3.63, 3.8) is 0 Å². The van der Waals surface area contributed by atoms with Crippen LogP contribution in [-0.4, -0.2) is 50.8 Å². The van der Waals surface area contributed by atoms with Gasteiger partial charge in [0.05, 0.1) is 15.6 Å². The number of hydrogen-bond acceptors (Lipinski definition) is 5. The topological polar surface area (TPSA) is 88.1 Å². The Balaban J connectivity index is 1.41. The van der Waals surface area contributed by atoms with Crippen molar-refractivity contribution >= 4 is 46.0 Å². The Morgan fingerprint density at radius 1 is 0.914 bits per heavy atom. The zero-order valence-electron chi connectivity index (χ0n) is 18.6. The minimum atomic E-state index is -0.332. The van der Waals surface area contributed by atoms with E-state index in [2.05, 4.69) is 20.3 Å². The molecule has 0 bridgehead atoms. The first-order chi connectivity index (χ1) is 17.0. The molecule has 9 heteroatoms. The van der Waals surface area contributed by atoms with Crippen LogP contribution in [0.1, 0.15) is 38.7 Å². The van der Waals surface area contributed by atoms with Gasteiger partial charge >= 0.3 is 0 Å². The number of benzene rings is 2. The normalized spacial score (nSPS) is 17.8. The van der Waals surface area contributed by atoms with E-state index in [9.17, 15) is 9.59 Å². The van der Waals surface area contributed by atoms with E-state index in [0.29, 0.717) is 46.2 Å². The fourth-order valence-corrected chi connectivity index (χ4v) is 4.95. The molecule has 1 N–H and O–H groups in total. The van der Waals surface area contributed by atoms with Crippen molar-refractivity contribution in [2.45, 2.75) is 18.4 Å². The highest BCUT2D eigenvalue weighted by molar-refractivity contribution is 6.35. The molecule has 0 unspecified atom stereocenters. The molecular formula is C26H21Cl2N5O2. The van der Waals surface area contributed by atoms with Gasteiger partial charge in [-0.15, -0.1) is 0 Å². The first-order valence-electron chi connectivity index (χ1n) is 11.2. The SMILES string of the molecule is O=C(N[C@@H]1CCN(C(=O)c2cc(Cl)c3nccnc3c2)C[C@@H]1c1ccccc1)c1ncccc1Cl. The van der Waals surface area contributed by atoms with E-state index >= 15 is 0 Å². The second-order valence-corrected chi connectivity index (χ2v) is 9.17. The van der Waals surface area contributed by atoms with Crippen LogP contribution in [0.25, 0.3) is 11.0 Å². The van der Waals surface area contributed by atoms with Gasteiger partial charge in [-0.05, 0) is 36.2 Å².